The third kappa shape index (κ3) is 16.0. The lowest BCUT2D eigenvalue weighted by molar-refractivity contribution is -0.177. The summed E-state index contributed by atoms with van der Waals surface area (Å²) in [4.78, 5) is 144. The quantitative estimate of drug-likeness (QED) is 0.132. The zero-order chi connectivity index (χ0) is 62.8. The highest BCUT2D eigenvalue weighted by Crippen LogP contribution is 2.29. The van der Waals surface area contributed by atoms with Crippen molar-refractivity contribution in [3.8, 4) is 11.1 Å². The second kappa shape index (κ2) is 28.9. The Hall–Kier alpha value is -7.74. The molecule has 3 heterocycles. The van der Waals surface area contributed by atoms with Crippen molar-refractivity contribution in [3.63, 3.8) is 0 Å². The minimum absolute atomic E-state index is 0.0204. The number of carbonyl (C=O) groups excluding carboxylic acids is 9. The van der Waals surface area contributed by atoms with E-state index in [-0.39, 0.29) is 38.1 Å². The number of esters is 1. The number of amides is 8. The molecule has 2 aliphatic rings. The number of aromatic nitrogens is 1. The van der Waals surface area contributed by atoms with Gasteiger partial charge in [-0.05, 0) is 99.6 Å². The highest BCUT2D eigenvalue weighted by molar-refractivity contribution is 5.99. The molecule has 0 spiro atoms. The average Bonchev–Trinajstić information content (AvgIpc) is 4.24. The van der Waals surface area contributed by atoms with Gasteiger partial charge in [-0.3, -0.25) is 43.3 Å². The smallest absolute Gasteiger partial charge is 0.332 e. The fourth-order valence-corrected chi connectivity index (χ4v) is 11.2. The first-order valence-corrected chi connectivity index (χ1v) is 29.8. The number of cyclic esters (lactones) is 1. The average molecular weight is 1170 g/mol. The van der Waals surface area contributed by atoms with Crippen LogP contribution in [0.3, 0.4) is 0 Å². The van der Waals surface area contributed by atoms with Crippen molar-refractivity contribution >= 4 is 64.1 Å². The molecule has 1 aromatic heterocycles. The van der Waals surface area contributed by atoms with E-state index in [2.05, 4.69) is 20.9 Å². The molecule has 20 heteroatoms. The summed E-state index contributed by atoms with van der Waals surface area (Å²) < 4.78 is 6.03. The predicted octanol–water partition coefficient (Wildman–Crippen LogP) is 5.31. The van der Waals surface area contributed by atoms with E-state index in [1.165, 1.54) is 70.6 Å². The van der Waals surface area contributed by atoms with E-state index in [9.17, 15) is 38.7 Å². The number of ether oxygens (including phenoxy) is 1. The van der Waals surface area contributed by atoms with Gasteiger partial charge in [-0.25, -0.2) is 4.79 Å². The van der Waals surface area contributed by atoms with Gasteiger partial charge in [0.2, 0.25) is 41.4 Å². The van der Waals surface area contributed by atoms with Crippen molar-refractivity contribution in [3.05, 3.63) is 102 Å². The third-order valence-electron chi connectivity index (χ3n) is 17.1. The van der Waals surface area contributed by atoms with Gasteiger partial charge in [-0.2, -0.15) is 0 Å². The summed E-state index contributed by atoms with van der Waals surface area (Å²) in [7, 11) is 5.56. The molecule has 8 unspecified atom stereocenters. The van der Waals surface area contributed by atoms with E-state index >= 15 is 9.59 Å². The van der Waals surface area contributed by atoms with Crippen molar-refractivity contribution < 1.29 is 53.0 Å². The van der Waals surface area contributed by atoms with E-state index in [0.29, 0.717) is 30.4 Å². The molecule has 0 saturated carbocycles. The Labute approximate surface area is 500 Å². The number of aliphatic hydroxyl groups is 1. The summed E-state index contributed by atoms with van der Waals surface area (Å²) in [6.07, 6.45) is 1.65. The molecule has 11 atom stereocenters. The SMILES string of the molecule is CCC(C)C1NC(=O)C2CCCN2C(=O)C(Cc2cccc(-c3ccc4cccnc4c3)c2)N(C)C(=O)C(Cc2ccccc2)NC(=O)[C@H](C)N(C)C(=O)C([C@H](C)CC)OC(=O)C(C(C)(C)O)N(C)C(=O)C(CC(C)C)NC(=O)[C@H](C)N(C)C1=O. The Morgan fingerprint density at radius 1 is 0.624 bits per heavy atom. The van der Waals surface area contributed by atoms with Gasteiger partial charge >= 0.3 is 5.97 Å². The number of benzene rings is 3. The molecule has 4 aromatic rings. The number of carbonyl (C=O) groups is 9. The van der Waals surface area contributed by atoms with Gasteiger partial charge in [0.1, 0.15) is 42.3 Å². The second-order valence-electron chi connectivity index (χ2n) is 24.3. The molecule has 460 valence electrons. The van der Waals surface area contributed by atoms with Crippen molar-refractivity contribution in [1.29, 1.82) is 0 Å². The number of nitrogens with one attached hydrogen (secondary N) is 3. The molecule has 8 amide bonds. The zero-order valence-electron chi connectivity index (χ0n) is 52.0. The zero-order valence-corrected chi connectivity index (χ0v) is 52.0. The molecule has 0 aliphatic carbocycles. The molecule has 2 fully saturated rings. The lowest BCUT2D eigenvalue weighted by atomic mass is 9.94. The van der Waals surface area contributed by atoms with E-state index in [1.54, 1.807) is 51.2 Å². The Morgan fingerprint density at radius 3 is 1.85 bits per heavy atom. The van der Waals surface area contributed by atoms with Crippen molar-refractivity contribution in [2.75, 3.05) is 34.7 Å². The van der Waals surface area contributed by atoms with Crippen molar-refractivity contribution in [1.82, 2.24) is 45.4 Å². The van der Waals surface area contributed by atoms with Gasteiger partial charge in [-0.1, -0.05) is 121 Å². The van der Waals surface area contributed by atoms with Crippen LogP contribution >= 0.6 is 0 Å². The maximum atomic E-state index is 15.6. The first-order chi connectivity index (χ1) is 40.1. The minimum atomic E-state index is -1.97. The maximum absolute atomic E-state index is 15.6. The molecule has 4 N–H and O–H groups in total. The number of hydrogen-bond donors (Lipinski definition) is 4. The van der Waals surface area contributed by atoms with Gasteiger partial charge < -0.3 is 50.3 Å². The second-order valence-corrected chi connectivity index (χ2v) is 24.3. The van der Waals surface area contributed by atoms with Crippen molar-refractivity contribution in [2.45, 2.75) is 174 Å². The van der Waals surface area contributed by atoms with Crippen LogP contribution in [0, 0.1) is 17.8 Å². The van der Waals surface area contributed by atoms with Crippen LogP contribution in [-0.4, -0.2) is 183 Å². The van der Waals surface area contributed by atoms with Crippen LogP contribution in [0.2, 0.25) is 0 Å². The molecule has 20 nitrogen and oxygen atoms in total. The summed E-state index contributed by atoms with van der Waals surface area (Å²) in [6.45, 7) is 16.5. The van der Waals surface area contributed by atoms with Gasteiger partial charge in [0.15, 0.2) is 12.1 Å². The Bertz CT molecular complexity index is 3060. The number of hydrogen-bond acceptors (Lipinski definition) is 12. The van der Waals surface area contributed by atoms with Crippen LogP contribution in [-0.2, 0) is 60.7 Å². The molecule has 85 heavy (non-hydrogen) atoms. The summed E-state index contributed by atoms with van der Waals surface area (Å²) >= 11 is 0. The topological polar surface area (TPSA) is 248 Å². The van der Waals surface area contributed by atoms with Crippen LogP contribution in [0.4, 0.5) is 0 Å². The maximum Gasteiger partial charge on any atom is 0.332 e. The lowest BCUT2D eigenvalue weighted by Gasteiger charge is -2.39. The summed E-state index contributed by atoms with van der Waals surface area (Å²) in [5.74, 6) is -7.83. The number of nitrogens with zero attached hydrogens (tertiary/aromatic N) is 6. The van der Waals surface area contributed by atoms with E-state index in [4.69, 9.17) is 4.74 Å². The Morgan fingerprint density at radius 2 is 1.22 bits per heavy atom. The largest absolute Gasteiger partial charge is 0.450 e. The fraction of sp³-hybridized carbons (Fsp3) is 0.538. The predicted molar refractivity (Wildman–Crippen MR) is 324 cm³/mol. The fourth-order valence-electron chi connectivity index (χ4n) is 11.2. The van der Waals surface area contributed by atoms with Gasteiger partial charge in [0, 0.05) is 65.1 Å². The normalized spacial score (nSPS) is 25.3. The first-order valence-electron chi connectivity index (χ1n) is 29.8. The Kier molecular flexibility index (Phi) is 22.6. The molecular formula is C65H89N9O11. The van der Waals surface area contributed by atoms with Crippen LogP contribution in [0.25, 0.3) is 22.0 Å². The molecule has 2 aliphatic heterocycles. The van der Waals surface area contributed by atoms with Gasteiger partial charge in [0.25, 0.3) is 5.91 Å². The van der Waals surface area contributed by atoms with E-state index in [1.807, 2.05) is 81.4 Å². The molecule has 0 bridgehead atoms. The van der Waals surface area contributed by atoms with E-state index in [0.717, 1.165) is 31.8 Å². The number of pyridine rings is 1. The summed E-state index contributed by atoms with van der Waals surface area (Å²) in [5, 5.41) is 21.2. The summed E-state index contributed by atoms with van der Waals surface area (Å²) in [6, 6.07) is 16.1. The van der Waals surface area contributed by atoms with Crippen LogP contribution in [0.5, 0.6) is 0 Å². The molecular weight excluding hydrogens is 1080 g/mol. The van der Waals surface area contributed by atoms with E-state index < -0.39 is 125 Å². The number of fused-ring (bicyclic) bond motifs is 2. The van der Waals surface area contributed by atoms with Crippen LogP contribution in [0.15, 0.2) is 91.1 Å². The van der Waals surface area contributed by atoms with Crippen molar-refractivity contribution in [2.24, 2.45) is 17.8 Å². The minimum Gasteiger partial charge on any atom is -0.450 e. The van der Waals surface area contributed by atoms with Crippen LogP contribution < -0.4 is 16.0 Å². The Balaban J connectivity index is 1.48. The number of likely N-dealkylation sites (N-methyl/N-ethyl adjacent to an activating group) is 4. The lowest BCUT2D eigenvalue weighted by Crippen LogP contribution is -2.62. The van der Waals surface area contributed by atoms with Gasteiger partial charge in [0.05, 0.1) is 11.1 Å². The standard InChI is InChI=1S/C65H89N9O11/c1-15-39(5)53-62(81)70(11)41(7)56(75)67-49(33-38(3)4)60(79)73(14)55(65(9,10)84)64(83)85-54(40(6)16-2)63(82)71(12)42(8)57(76)68-50(35-43-23-18-17-19-24-43)59(78)72(13)52(61(80)74-32-22-28-51(74)58(77)69-53)36-44-25-20-26-46(34-44)47-30-29-45-27-21-31-66-48(45)37-47/h17-21,23-27,29-31,34,37-42,49-55,84H,15-16,22,28,32-33,35-36H2,1-14H3,(H,67,75)(H,68,76)(H,69,77)/t39?,40-,41+,42+,49?,50?,51?,52?,53?,54?,55?/m1/s1. The third-order valence-corrected chi connectivity index (χ3v) is 17.1. The number of rotatable bonds is 12. The molecule has 3 aromatic carbocycles. The summed E-state index contributed by atoms with van der Waals surface area (Å²) in [5.41, 5.74) is 1.87. The first kappa shape index (κ1) is 66.4. The molecule has 0 radical (unpaired) electrons. The monoisotopic (exact) mass is 1170 g/mol. The molecule has 2 saturated heterocycles. The highest BCUT2D eigenvalue weighted by atomic mass is 16.6. The molecule has 6 rings (SSSR count). The van der Waals surface area contributed by atoms with Crippen LogP contribution in [0.1, 0.15) is 112 Å². The van der Waals surface area contributed by atoms with Gasteiger partial charge in [-0.15, -0.1) is 0 Å². The highest BCUT2D eigenvalue weighted by Gasteiger charge is 2.47.